The van der Waals surface area contributed by atoms with E-state index >= 15 is 0 Å². The molecule has 3 aromatic carbocycles. The number of methoxy groups -OCH3 is 1. The lowest BCUT2D eigenvalue weighted by molar-refractivity contribution is 0.0918. The van der Waals surface area contributed by atoms with E-state index in [9.17, 15) is 18.3 Å². The highest BCUT2D eigenvalue weighted by molar-refractivity contribution is 7.92. The van der Waals surface area contributed by atoms with Crippen LogP contribution in [-0.4, -0.2) is 57.3 Å². The molecule has 0 saturated carbocycles. The van der Waals surface area contributed by atoms with Crippen molar-refractivity contribution in [2.24, 2.45) is 0 Å². The number of nitrogens with one attached hydrogen (secondary N) is 2. The van der Waals surface area contributed by atoms with Crippen LogP contribution in [0.2, 0.25) is 0 Å². The maximum atomic E-state index is 13.9. The number of sulfonamides is 1. The van der Waals surface area contributed by atoms with E-state index in [1.165, 1.54) is 11.4 Å². The SMILES string of the molecule is COCCN(c1ccc2[nH]c(C(=O)NC(C)CO)c(-c3ccccc3)c2c1)S(=O)(=O)c1ccc(C(C)(C)C)cc1. The van der Waals surface area contributed by atoms with Crippen molar-refractivity contribution in [3.63, 3.8) is 0 Å². The topological polar surface area (TPSA) is 112 Å². The van der Waals surface area contributed by atoms with Crippen LogP contribution in [0.25, 0.3) is 22.0 Å². The van der Waals surface area contributed by atoms with Gasteiger partial charge in [-0.15, -0.1) is 0 Å². The van der Waals surface area contributed by atoms with Crippen LogP contribution in [0.4, 0.5) is 5.69 Å². The Bertz CT molecular complexity index is 1570. The van der Waals surface area contributed by atoms with E-state index in [1.54, 1.807) is 37.3 Å². The number of hydrogen-bond donors (Lipinski definition) is 3. The Hall–Kier alpha value is -3.66. The number of fused-ring (bicyclic) bond motifs is 1. The molecule has 0 fully saturated rings. The summed E-state index contributed by atoms with van der Waals surface area (Å²) in [6, 6.07) is 21.3. The second kappa shape index (κ2) is 11.8. The molecule has 0 radical (unpaired) electrons. The molecule has 3 N–H and O–H groups in total. The summed E-state index contributed by atoms with van der Waals surface area (Å²) < 4.78 is 34.5. The van der Waals surface area contributed by atoms with E-state index in [2.05, 4.69) is 31.1 Å². The standard InChI is InChI=1S/C31H37N3O5S/c1-21(20-35)32-30(36)29-28(22-9-7-6-8-10-22)26-19-24(13-16-27(26)33-29)34(17-18-39-5)40(37,38)25-14-11-23(12-15-25)31(2,3)4/h6-16,19,21,33,35H,17-18,20H2,1-5H3,(H,32,36). The number of hydrogen-bond acceptors (Lipinski definition) is 5. The van der Waals surface area contributed by atoms with Crippen molar-refractivity contribution in [2.45, 2.75) is 44.0 Å². The fourth-order valence-corrected chi connectivity index (χ4v) is 6.01. The Kier molecular flexibility index (Phi) is 8.68. The molecule has 212 valence electrons. The highest BCUT2D eigenvalue weighted by Gasteiger charge is 2.27. The van der Waals surface area contributed by atoms with Crippen LogP contribution in [0.1, 0.15) is 43.7 Å². The van der Waals surface area contributed by atoms with Crippen LogP contribution in [0.15, 0.2) is 77.7 Å². The van der Waals surface area contributed by atoms with Crippen LogP contribution < -0.4 is 9.62 Å². The number of anilines is 1. The van der Waals surface area contributed by atoms with E-state index in [1.807, 2.05) is 42.5 Å². The smallest absolute Gasteiger partial charge is 0.268 e. The number of amides is 1. The van der Waals surface area contributed by atoms with Crippen molar-refractivity contribution in [3.8, 4) is 11.1 Å². The fraction of sp³-hybridized carbons (Fsp3) is 0.323. The molecule has 8 nitrogen and oxygen atoms in total. The second-order valence-corrected chi connectivity index (χ2v) is 12.7. The summed E-state index contributed by atoms with van der Waals surface area (Å²) >= 11 is 0. The number of aliphatic hydroxyl groups excluding tert-OH is 1. The highest BCUT2D eigenvalue weighted by atomic mass is 32.2. The summed E-state index contributed by atoms with van der Waals surface area (Å²) in [5, 5.41) is 13.0. The first-order valence-corrected chi connectivity index (χ1v) is 14.7. The molecule has 0 aliphatic carbocycles. The van der Waals surface area contributed by atoms with E-state index in [-0.39, 0.29) is 36.0 Å². The van der Waals surface area contributed by atoms with Gasteiger partial charge < -0.3 is 20.1 Å². The molecule has 0 saturated heterocycles. The number of ether oxygens (including phenoxy) is 1. The number of aromatic nitrogens is 1. The molecular formula is C31H37N3O5S. The first-order valence-electron chi connectivity index (χ1n) is 13.2. The Labute approximate surface area is 236 Å². The number of nitrogens with zero attached hydrogens (tertiary/aromatic N) is 1. The van der Waals surface area contributed by atoms with Gasteiger partial charge in [0.2, 0.25) is 0 Å². The molecule has 4 rings (SSSR count). The minimum absolute atomic E-state index is 0.107. The van der Waals surface area contributed by atoms with Gasteiger partial charge in [-0.2, -0.15) is 0 Å². The third kappa shape index (κ3) is 6.06. The molecule has 0 spiro atoms. The zero-order chi connectivity index (χ0) is 29.1. The van der Waals surface area contributed by atoms with Crippen LogP contribution in [0.3, 0.4) is 0 Å². The van der Waals surface area contributed by atoms with E-state index in [0.29, 0.717) is 27.8 Å². The van der Waals surface area contributed by atoms with E-state index < -0.39 is 16.1 Å². The normalized spacial score (nSPS) is 12.8. The van der Waals surface area contributed by atoms with Crippen molar-refractivity contribution < 1.29 is 23.1 Å². The fourth-order valence-electron chi connectivity index (χ4n) is 4.57. The number of rotatable bonds is 10. The largest absolute Gasteiger partial charge is 0.394 e. The van der Waals surface area contributed by atoms with Gasteiger partial charge in [0.1, 0.15) is 5.69 Å². The average Bonchev–Trinajstić information content (AvgIpc) is 3.32. The Balaban J connectivity index is 1.86. The number of carbonyl (C=O) groups excluding carboxylic acids is 1. The van der Waals surface area contributed by atoms with Crippen molar-refractivity contribution in [2.75, 3.05) is 31.2 Å². The van der Waals surface area contributed by atoms with Gasteiger partial charge in [0.05, 0.1) is 30.3 Å². The van der Waals surface area contributed by atoms with Crippen molar-refractivity contribution in [3.05, 3.63) is 84.1 Å². The lowest BCUT2D eigenvalue weighted by Crippen LogP contribution is -2.35. The quantitative estimate of drug-likeness (QED) is 0.249. The summed E-state index contributed by atoms with van der Waals surface area (Å²) in [6.07, 6.45) is 0. The van der Waals surface area contributed by atoms with Crippen LogP contribution >= 0.6 is 0 Å². The third-order valence-corrected chi connectivity index (χ3v) is 8.66. The van der Waals surface area contributed by atoms with E-state index in [4.69, 9.17) is 4.74 Å². The second-order valence-electron chi connectivity index (χ2n) is 10.9. The van der Waals surface area contributed by atoms with E-state index in [0.717, 1.165) is 11.1 Å². The van der Waals surface area contributed by atoms with Gasteiger partial charge in [-0.1, -0.05) is 63.2 Å². The number of benzene rings is 3. The molecule has 1 atom stereocenters. The highest BCUT2D eigenvalue weighted by Crippen LogP contribution is 2.36. The zero-order valence-corrected chi connectivity index (χ0v) is 24.4. The zero-order valence-electron chi connectivity index (χ0n) is 23.6. The number of H-pyrrole nitrogens is 1. The van der Waals surface area contributed by atoms with Crippen molar-refractivity contribution in [1.82, 2.24) is 10.3 Å². The molecule has 4 aromatic rings. The molecule has 0 aliphatic rings. The molecule has 9 heteroatoms. The lowest BCUT2D eigenvalue weighted by atomic mass is 9.87. The first-order chi connectivity index (χ1) is 19.0. The number of aromatic amines is 1. The number of carbonyl (C=O) groups is 1. The average molecular weight is 564 g/mol. The predicted molar refractivity (Wildman–Crippen MR) is 159 cm³/mol. The molecule has 40 heavy (non-hydrogen) atoms. The van der Waals surface area contributed by atoms with Crippen molar-refractivity contribution in [1.29, 1.82) is 0 Å². The summed E-state index contributed by atoms with van der Waals surface area (Å²) in [5.41, 5.74) is 3.86. The summed E-state index contributed by atoms with van der Waals surface area (Å²) in [4.78, 5) is 16.6. The first kappa shape index (κ1) is 29.3. The van der Waals surface area contributed by atoms with Crippen LogP contribution in [-0.2, 0) is 20.2 Å². The van der Waals surface area contributed by atoms with Gasteiger partial charge in [0.25, 0.3) is 15.9 Å². The molecule has 1 heterocycles. The Morgan fingerprint density at radius 1 is 1.05 bits per heavy atom. The lowest BCUT2D eigenvalue weighted by Gasteiger charge is -2.25. The molecule has 1 aromatic heterocycles. The Morgan fingerprint density at radius 2 is 1.73 bits per heavy atom. The van der Waals surface area contributed by atoms with Gasteiger partial charge in [0, 0.05) is 29.6 Å². The van der Waals surface area contributed by atoms with Gasteiger partial charge in [-0.05, 0) is 53.8 Å². The molecule has 0 aliphatic heterocycles. The minimum Gasteiger partial charge on any atom is -0.394 e. The van der Waals surface area contributed by atoms with Gasteiger partial charge in [-0.3, -0.25) is 9.10 Å². The van der Waals surface area contributed by atoms with Crippen molar-refractivity contribution >= 4 is 32.5 Å². The third-order valence-electron chi connectivity index (χ3n) is 6.82. The van der Waals surface area contributed by atoms with Crippen LogP contribution in [0, 0.1) is 0 Å². The number of aliphatic hydroxyl groups is 1. The van der Waals surface area contributed by atoms with Gasteiger partial charge in [-0.25, -0.2) is 8.42 Å². The maximum absolute atomic E-state index is 13.9. The maximum Gasteiger partial charge on any atom is 0.268 e. The summed E-state index contributed by atoms with van der Waals surface area (Å²) in [6.45, 7) is 8.07. The van der Waals surface area contributed by atoms with Crippen LogP contribution in [0.5, 0.6) is 0 Å². The predicted octanol–water partition coefficient (Wildman–Crippen LogP) is 5.08. The molecule has 1 unspecified atom stereocenters. The monoisotopic (exact) mass is 563 g/mol. The molecular weight excluding hydrogens is 526 g/mol. The van der Waals surface area contributed by atoms with Gasteiger partial charge >= 0.3 is 0 Å². The summed E-state index contributed by atoms with van der Waals surface area (Å²) in [7, 11) is -2.40. The summed E-state index contributed by atoms with van der Waals surface area (Å²) in [5.74, 6) is -0.360. The van der Waals surface area contributed by atoms with Gasteiger partial charge in [0.15, 0.2) is 0 Å². The molecule has 1 amide bonds. The minimum atomic E-state index is -3.93. The molecule has 0 bridgehead atoms. The Morgan fingerprint density at radius 3 is 2.33 bits per heavy atom.